The van der Waals surface area contributed by atoms with Crippen molar-refractivity contribution in [3.05, 3.63) is 66.0 Å². The predicted octanol–water partition coefficient (Wildman–Crippen LogP) is 1.67. The van der Waals surface area contributed by atoms with Crippen LogP contribution in [-0.2, 0) is 24.3 Å². The van der Waals surface area contributed by atoms with Gasteiger partial charge in [-0.15, -0.1) is 10.2 Å². The molecule has 2 aromatic heterocycles. The van der Waals surface area contributed by atoms with Crippen molar-refractivity contribution in [2.45, 2.75) is 32.5 Å². The highest BCUT2D eigenvalue weighted by molar-refractivity contribution is 5.83. The first-order valence-electron chi connectivity index (χ1n) is 8.51. The maximum absolute atomic E-state index is 13.3. The van der Waals surface area contributed by atoms with Crippen LogP contribution in [0.3, 0.4) is 0 Å². The van der Waals surface area contributed by atoms with Crippen LogP contribution < -0.4 is 0 Å². The number of nitrogens with zero attached hydrogens (tertiary/aromatic N) is 6. The van der Waals surface area contributed by atoms with E-state index in [4.69, 9.17) is 0 Å². The molecule has 7 heteroatoms. The maximum Gasteiger partial charge on any atom is 0.252 e. The van der Waals surface area contributed by atoms with Gasteiger partial charge >= 0.3 is 0 Å². The molecular weight excluding hydrogens is 316 g/mol. The third-order valence-electron chi connectivity index (χ3n) is 4.60. The fourth-order valence-electron chi connectivity index (χ4n) is 3.32. The monoisotopic (exact) mass is 336 g/mol. The second kappa shape index (κ2) is 6.51. The average molecular weight is 336 g/mol. The second-order valence-electron chi connectivity index (χ2n) is 6.10. The second-order valence-corrected chi connectivity index (χ2v) is 6.10. The normalized spacial score (nSPS) is 15.0. The summed E-state index contributed by atoms with van der Waals surface area (Å²) in [7, 11) is 0. The number of aryl methyl sites for hydroxylation is 1. The van der Waals surface area contributed by atoms with Gasteiger partial charge in [-0.2, -0.15) is 5.10 Å². The molecule has 0 bridgehead atoms. The van der Waals surface area contributed by atoms with Crippen molar-refractivity contribution in [2.24, 2.45) is 0 Å². The van der Waals surface area contributed by atoms with Gasteiger partial charge in [0, 0.05) is 31.9 Å². The molecule has 25 heavy (non-hydrogen) atoms. The zero-order valence-electron chi connectivity index (χ0n) is 14.1. The van der Waals surface area contributed by atoms with Crippen LogP contribution in [0.4, 0.5) is 0 Å². The van der Waals surface area contributed by atoms with Gasteiger partial charge in [-0.05, 0) is 11.6 Å². The van der Waals surface area contributed by atoms with E-state index >= 15 is 0 Å². The first kappa shape index (κ1) is 15.6. The van der Waals surface area contributed by atoms with E-state index in [1.165, 1.54) is 0 Å². The number of rotatable bonds is 4. The Bertz CT molecular complexity index is 855. The van der Waals surface area contributed by atoms with Crippen LogP contribution in [0.15, 0.2) is 48.8 Å². The van der Waals surface area contributed by atoms with Crippen LogP contribution in [0, 0.1) is 0 Å². The van der Waals surface area contributed by atoms with E-state index in [0.29, 0.717) is 13.1 Å². The van der Waals surface area contributed by atoms with Gasteiger partial charge in [0.2, 0.25) is 0 Å². The number of benzene rings is 1. The van der Waals surface area contributed by atoms with E-state index < -0.39 is 6.04 Å². The standard InChI is InChI=1S/C18H20N6O/c1-2-15-20-21-16-13-22(11-12-23(15)16)18(25)17(24-10-6-9-19-24)14-7-4-3-5-8-14/h3-10,17H,2,11-13H2,1H3/t17-/m1/s1. The zero-order valence-corrected chi connectivity index (χ0v) is 14.1. The molecule has 1 aliphatic heterocycles. The molecule has 0 radical (unpaired) electrons. The third kappa shape index (κ3) is 2.82. The molecule has 1 amide bonds. The van der Waals surface area contributed by atoms with E-state index in [0.717, 1.165) is 30.2 Å². The molecule has 0 spiro atoms. The zero-order chi connectivity index (χ0) is 17.2. The molecule has 128 valence electrons. The minimum atomic E-state index is -0.462. The lowest BCUT2D eigenvalue weighted by Gasteiger charge is -2.31. The minimum absolute atomic E-state index is 0.0298. The molecule has 1 aromatic carbocycles. The molecule has 3 aromatic rings. The highest BCUT2D eigenvalue weighted by Gasteiger charge is 2.31. The van der Waals surface area contributed by atoms with Gasteiger partial charge in [-0.1, -0.05) is 37.3 Å². The lowest BCUT2D eigenvalue weighted by Crippen LogP contribution is -2.43. The predicted molar refractivity (Wildman–Crippen MR) is 91.6 cm³/mol. The van der Waals surface area contributed by atoms with Gasteiger partial charge in [-0.25, -0.2) is 0 Å². The summed E-state index contributed by atoms with van der Waals surface area (Å²) < 4.78 is 3.84. The van der Waals surface area contributed by atoms with Crippen molar-refractivity contribution < 1.29 is 4.79 Å². The van der Waals surface area contributed by atoms with E-state index in [1.807, 2.05) is 47.5 Å². The summed E-state index contributed by atoms with van der Waals surface area (Å²) in [6, 6.07) is 11.1. The molecule has 7 nitrogen and oxygen atoms in total. The molecule has 1 aliphatic rings. The summed E-state index contributed by atoms with van der Waals surface area (Å²) in [5.74, 6) is 1.86. The number of aromatic nitrogens is 5. The Morgan fingerprint density at radius 2 is 2.00 bits per heavy atom. The SMILES string of the molecule is CCc1nnc2n1CCN(C(=O)[C@@H](c1ccccc1)n1cccn1)C2. The maximum atomic E-state index is 13.3. The molecule has 0 N–H and O–H groups in total. The van der Waals surface area contributed by atoms with Crippen molar-refractivity contribution in [3.8, 4) is 0 Å². The van der Waals surface area contributed by atoms with Crippen LogP contribution in [0.2, 0.25) is 0 Å². The van der Waals surface area contributed by atoms with Crippen LogP contribution in [-0.4, -0.2) is 41.9 Å². The molecular formula is C18H20N6O. The molecule has 0 unspecified atom stereocenters. The number of carbonyl (C=O) groups excluding carboxylic acids is 1. The summed E-state index contributed by atoms with van der Waals surface area (Å²) in [6.07, 6.45) is 4.38. The van der Waals surface area contributed by atoms with Crippen LogP contribution >= 0.6 is 0 Å². The number of amides is 1. The van der Waals surface area contributed by atoms with Gasteiger partial charge in [-0.3, -0.25) is 9.48 Å². The summed E-state index contributed by atoms with van der Waals surface area (Å²) in [5, 5.41) is 12.8. The van der Waals surface area contributed by atoms with Gasteiger partial charge in [0.1, 0.15) is 5.82 Å². The Labute approximate surface area is 145 Å². The van der Waals surface area contributed by atoms with Gasteiger partial charge in [0.25, 0.3) is 5.91 Å². The van der Waals surface area contributed by atoms with Crippen molar-refractivity contribution >= 4 is 5.91 Å². The Balaban J connectivity index is 1.63. The molecule has 4 rings (SSSR count). The van der Waals surface area contributed by atoms with Gasteiger partial charge < -0.3 is 9.47 Å². The Hall–Kier alpha value is -2.96. The van der Waals surface area contributed by atoms with E-state index in [-0.39, 0.29) is 5.91 Å². The number of carbonyl (C=O) groups is 1. The minimum Gasteiger partial charge on any atom is -0.331 e. The van der Waals surface area contributed by atoms with Gasteiger partial charge in [0.05, 0.1) is 6.54 Å². The van der Waals surface area contributed by atoms with Crippen molar-refractivity contribution in [3.63, 3.8) is 0 Å². The first-order valence-corrected chi connectivity index (χ1v) is 8.51. The van der Waals surface area contributed by atoms with E-state index in [2.05, 4.69) is 26.8 Å². The summed E-state index contributed by atoms with van der Waals surface area (Å²) >= 11 is 0. The highest BCUT2D eigenvalue weighted by atomic mass is 16.2. The van der Waals surface area contributed by atoms with Gasteiger partial charge in [0.15, 0.2) is 11.9 Å². The quantitative estimate of drug-likeness (QED) is 0.727. The first-order chi connectivity index (χ1) is 12.3. The Kier molecular flexibility index (Phi) is 4.05. The highest BCUT2D eigenvalue weighted by Crippen LogP contribution is 2.23. The third-order valence-corrected chi connectivity index (χ3v) is 4.60. The van der Waals surface area contributed by atoms with Crippen LogP contribution in [0.1, 0.15) is 30.2 Å². The van der Waals surface area contributed by atoms with E-state index in [1.54, 1.807) is 10.9 Å². The average Bonchev–Trinajstić information content (AvgIpc) is 3.32. The molecule has 3 heterocycles. The lowest BCUT2D eigenvalue weighted by molar-refractivity contribution is -0.135. The fourth-order valence-corrected chi connectivity index (χ4v) is 3.32. The van der Waals surface area contributed by atoms with E-state index in [9.17, 15) is 4.79 Å². The molecule has 0 fully saturated rings. The largest absolute Gasteiger partial charge is 0.331 e. The van der Waals surface area contributed by atoms with Crippen molar-refractivity contribution in [2.75, 3.05) is 6.54 Å². The van der Waals surface area contributed by atoms with Crippen LogP contribution in [0.5, 0.6) is 0 Å². The van der Waals surface area contributed by atoms with Crippen molar-refractivity contribution in [1.82, 2.24) is 29.4 Å². The van der Waals surface area contributed by atoms with Crippen LogP contribution in [0.25, 0.3) is 0 Å². The Morgan fingerprint density at radius 1 is 1.16 bits per heavy atom. The lowest BCUT2D eigenvalue weighted by atomic mass is 10.1. The topological polar surface area (TPSA) is 68.8 Å². The molecule has 1 atom stereocenters. The summed E-state index contributed by atoms with van der Waals surface area (Å²) in [6.45, 7) is 3.94. The fraction of sp³-hybridized carbons (Fsp3) is 0.333. The Morgan fingerprint density at radius 3 is 2.72 bits per heavy atom. The van der Waals surface area contributed by atoms with Crippen molar-refractivity contribution in [1.29, 1.82) is 0 Å². The molecule has 0 saturated carbocycles. The number of fused-ring (bicyclic) bond motifs is 1. The number of hydrogen-bond donors (Lipinski definition) is 0. The summed E-state index contributed by atoms with van der Waals surface area (Å²) in [4.78, 5) is 15.1. The molecule has 0 saturated heterocycles. The smallest absolute Gasteiger partial charge is 0.252 e. The molecule has 0 aliphatic carbocycles. The summed E-state index contributed by atoms with van der Waals surface area (Å²) in [5.41, 5.74) is 0.928. The number of hydrogen-bond acceptors (Lipinski definition) is 4.